The van der Waals surface area contributed by atoms with Crippen LogP contribution < -0.4 is 5.32 Å². The minimum absolute atomic E-state index is 0.537. The van der Waals surface area contributed by atoms with E-state index in [0.717, 1.165) is 6.04 Å². The Kier molecular flexibility index (Phi) is 4.11. The van der Waals surface area contributed by atoms with Gasteiger partial charge in [0, 0.05) is 51.4 Å². The summed E-state index contributed by atoms with van der Waals surface area (Å²) in [7, 11) is 0. The molecule has 20 heavy (non-hydrogen) atoms. The number of piperazine rings is 1. The molecule has 2 saturated heterocycles. The van der Waals surface area contributed by atoms with E-state index in [2.05, 4.69) is 54.1 Å². The molecule has 0 aromatic heterocycles. The van der Waals surface area contributed by atoms with E-state index in [4.69, 9.17) is 0 Å². The number of nitrogens with zero attached hydrogens (tertiary/aromatic N) is 2. The van der Waals surface area contributed by atoms with Gasteiger partial charge in [-0.15, -0.1) is 0 Å². The largest absolute Gasteiger partial charge is 0.314 e. The molecule has 0 saturated carbocycles. The summed E-state index contributed by atoms with van der Waals surface area (Å²) in [6.45, 7) is 14.0. The van der Waals surface area contributed by atoms with Crippen LogP contribution in [0.5, 0.6) is 0 Å². The number of rotatable bonds is 3. The molecule has 110 valence electrons. The normalized spacial score (nSPS) is 23.6. The van der Waals surface area contributed by atoms with E-state index in [1.54, 1.807) is 0 Å². The van der Waals surface area contributed by atoms with Gasteiger partial charge in [-0.2, -0.15) is 0 Å². The maximum absolute atomic E-state index is 3.38. The second-order valence-electron chi connectivity index (χ2n) is 6.48. The summed E-state index contributed by atoms with van der Waals surface area (Å²) in [4.78, 5) is 5.29. The third kappa shape index (κ3) is 2.90. The summed E-state index contributed by atoms with van der Waals surface area (Å²) in [5, 5.41) is 3.38. The first-order valence-corrected chi connectivity index (χ1v) is 7.90. The third-order valence-corrected chi connectivity index (χ3v) is 4.90. The smallest absolute Gasteiger partial charge is 0.0346 e. The maximum Gasteiger partial charge on any atom is 0.0346 e. The Labute approximate surface area is 123 Å². The van der Waals surface area contributed by atoms with E-state index in [1.165, 1.54) is 56.0 Å². The molecule has 3 nitrogen and oxygen atoms in total. The maximum atomic E-state index is 3.38. The summed E-state index contributed by atoms with van der Waals surface area (Å²) in [5.41, 5.74) is 4.23. The second kappa shape index (κ2) is 5.84. The van der Waals surface area contributed by atoms with Gasteiger partial charge in [0.2, 0.25) is 0 Å². The van der Waals surface area contributed by atoms with E-state index >= 15 is 0 Å². The van der Waals surface area contributed by atoms with Crippen LogP contribution >= 0.6 is 0 Å². The van der Waals surface area contributed by atoms with Gasteiger partial charge >= 0.3 is 0 Å². The number of aryl methyl sites for hydroxylation is 2. The van der Waals surface area contributed by atoms with Gasteiger partial charge in [-0.3, -0.25) is 9.80 Å². The Morgan fingerprint density at radius 1 is 1.00 bits per heavy atom. The van der Waals surface area contributed by atoms with Gasteiger partial charge in [0.15, 0.2) is 0 Å². The summed E-state index contributed by atoms with van der Waals surface area (Å²) in [6.07, 6.45) is 0. The van der Waals surface area contributed by atoms with Crippen molar-refractivity contribution in [3.05, 3.63) is 34.9 Å². The minimum atomic E-state index is 0.537. The van der Waals surface area contributed by atoms with Crippen molar-refractivity contribution in [3.8, 4) is 0 Å². The molecule has 1 atom stereocenters. The highest BCUT2D eigenvalue weighted by atomic mass is 15.3. The van der Waals surface area contributed by atoms with Gasteiger partial charge in [-0.05, 0) is 26.3 Å². The molecule has 2 heterocycles. The van der Waals surface area contributed by atoms with E-state index in [0.29, 0.717) is 6.04 Å². The molecule has 0 spiro atoms. The average molecular weight is 273 g/mol. The highest BCUT2D eigenvalue weighted by Gasteiger charge is 2.29. The monoisotopic (exact) mass is 273 g/mol. The van der Waals surface area contributed by atoms with Gasteiger partial charge in [0.1, 0.15) is 0 Å². The summed E-state index contributed by atoms with van der Waals surface area (Å²) >= 11 is 0. The number of benzene rings is 1. The zero-order valence-corrected chi connectivity index (χ0v) is 13.0. The Morgan fingerprint density at radius 3 is 2.10 bits per heavy atom. The van der Waals surface area contributed by atoms with Gasteiger partial charge in [-0.1, -0.05) is 29.3 Å². The molecule has 0 aliphatic carbocycles. The molecule has 2 fully saturated rings. The molecular formula is C17H27N3. The molecule has 2 aliphatic heterocycles. The van der Waals surface area contributed by atoms with Crippen molar-refractivity contribution in [2.45, 2.75) is 32.9 Å². The van der Waals surface area contributed by atoms with Crippen molar-refractivity contribution in [1.29, 1.82) is 0 Å². The van der Waals surface area contributed by atoms with Crippen LogP contribution in [0.4, 0.5) is 0 Å². The van der Waals surface area contributed by atoms with E-state index in [-0.39, 0.29) is 0 Å². The Bertz CT molecular complexity index is 439. The number of hydrogen-bond acceptors (Lipinski definition) is 3. The first-order valence-electron chi connectivity index (χ1n) is 7.90. The fraction of sp³-hybridized carbons (Fsp3) is 0.647. The molecule has 0 amide bonds. The van der Waals surface area contributed by atoms with Crippen molar-refractivity contribution in [2.24, 2.45) is 0 Å². The number of nitrogens with one attached hydrogen (secondary N) is 1. The molecule has 2 aliphatic rings. The zero-order valence-electron chi connectivity index (χ0n) is 13.0. The fourth-order valence-electron chi connectivity index (χ4n) is 3.48. The van der Waals surface area contributed by atoms with Crippen molar-refractivity contribution < 1.29 is 0 Å². The van der Waals surface area contributed by atoms with Crippen molar-refractivity contribution in [2.75, 3.05) is 39.3 Å². The quantitative estimate of drug-likeness (QED) is 0.908. The highest BCUT2D eigenvalue weighted by molar-refractivity contribution is 5.30. The molecular weight excluding hydrogens is 246 g/mol. The predicted octanol–water partition coefficient (Wildman–Crippen LogP) is 1.95. The molecule has 0 radical (unpaired) electrons. The highest BCUT2D eigenvalue weighted by Crippen LogP contribution is 2.24. The second-order valence-corrected chi connectivity index (χ2v) is 6.48. The molecule has 1 aromatic carbocycles. The van der Waals surface area contributed by atoms with Gasteiger partial charge in [-0.25, -0.2) is 0 Å². The minimum Gasteiger partial charge on any atom is -0.314 e. The molecule has 1 N–H and O–H groups in total. The SMILES string of the molecule is Cc1cc(C)cc(C(C)N2CCN(C3CNC3)CC2)c1. The zero-order chi connectivity index (χ0) is 14.1. The molecule has 3 rings (SSSR count). The van der Waals surface area contributed by atoms with Crippen LogP contribution in [0, 0.1) is 13.8 Å². The lowest BCUT2D eigenvalue weighted by atomic mass is 10.0. The number of hydrogen-bond donors (Lipinski definition) is 1. The van der Waals surface area contributed by atoms with Crippen LogP contribution in [0.3, 0.4) is 0 Å². The van der Waals surface area contributed by atoms with Gasteiger partial charge < -0.3 is 5.32 Å². The topological polar surface area (TPSA) is 18.5 Å². The lowest BCUT2D eigenvalue weighted by Crippen LogP contribution is -2.61. The summed E-state index contributed by atoms with van der Waals surface area (Å²) in [6, 6.07) is 8.29. The van der Waals surface area contributed by atoms with Crippen molar-refractivity contribution in [3.63, 3.8) is 0 Å². The lowest BCUT2D eigenvalue weighted by molar-refractivity contribution is 0.0552. The molecule has 1 unspecified atom stereocenters. The van der Waals surface area contributed by atoms with Crippen LogP contribution in [0.2, 0.25) is 0 Å². The van der Waals surface area contributed by atoms with Crippen LogP contribution in [-0.2, 0) is 0 Å². The van der Waals surface area contributed by atoms with E-state index in [1.807, 2.05) is 0 Å². The van der Waals surface area contributed by atoms with Crippen LogP contribution in [0.1, 0.15) is 29.7 Å². The summed E-state index contributed by atoms with van der Waals surface area (Å²) < 4.78 is 0. The standard InChI is InChI=1S/C17H27N3/c1-13-8-14(2)10-16(9-13)15(3)19-4-6-20(7-5-19)17-11-18-12-17/h8-10,15,17-18H,4-7,11-12H2,1-3H3. The first kappa shape index (κ1) is 14.1. The van der Waals surface area contributed by atoms with Crippen molar-refractivity contribution >= 4 is 0 Å². The Balaban J connectivity index is 1.61. The molecule has 1 aromatic rings. The van der Waals surface area contributed by atoms with E-state index < -0.39 is 0 Å². The van der Waals surface area contributed by atoms with Crippen LogP contribution in [0.15, 0.2) is 18.2 Å². The van der Waals surface area contributed by atoms with Crippen LogP contribution in [-0.4, -0.2) is 55.1 Å². The lowest BCUT2D eigenvalue weighted by Gasteiger charge is -2.44. The third-order valence-electron chi connectivity index (χ3n) is 4.90. The predicted molar refractivity (Wildman–Crippen MR) is 84.1 cm³/mol. The van der Waals surface area contributed by atoms with E-state index in [9.17, 15) is 0 Å². The van der Waals surface area contributed by atoms with Gasteiger partial charge in [0.25, 0.3) is 0 Å². The first-order chi connectivity index (χ1) is 9.63. The fourth-order valence-corrected chi connectivity index (χ4v) is 3.48. The van der Waals surface area contributed by atoms with Gasteiger partial charge in [0.05, 0.1) is 0 Å². The molecule has 3 heteroatoms. The average Bonchev–Trinajstić information content (AvgIpc) is 2.35. The molecule has 0 bridgehead atoms. The summed E-state index contributed by atoms with van der Waals surface area (Å²) in [5.74, 6) is 0. The Hall–Kier alpha value is -0.900. The van der Waals surface area contributed by atoms with Crippen molar-refractivity contribution in [1.82, 2.24) is 15.1 Å². The Morgan fingerprint density at radius 2 is 1.60 bits per heavy atom. The van der Waals surface area contributed by atoms with Crippen LogP contribution in [0.25, 0.3) is 0 Å².